The molecule has 1 aromatic heterocycles. The number of nitrogens with zero attached hydrogens (tertiary/aromatic N) is 2. The van der Waals surface area contributed by atoms with Gasteiger partial charge in [0, 0.05) is 31.3 Å². The Bertz CT molecular complexity index is 1640. The highest BCUT2D eigenvalue weighted by Gasteiger charge is 2.34. The van der Waals surface area contributed by atoms with Crippen LogP contribution in [0.5, 0.6) is 0 Å². The molecule has 0 aliphatic rings. The van der Waals surface area contributed by atoms with E-state index in [1.165, 1.54) is 12.5 Å². The van der Waals surface area contributed by atoms with Crippen LogP contribution in [0.1, 0.15) is 58.1 Å². The molecule has 0 fully saturated rings. The molecular formula is C33H55N13O13. The van der Waals surface area contributed by atoms with Gasteiger partial charge in [-0.3, -0.25) is 43.3 Å². The van der Waals surface area contributed by atoms with E-state index in [2.05, 4.69) is 46.9 Å². The van der Waals surface area contributed by atoms with Crippen LogP contribution in [0, 0.1) is 5.92 Å². The summed E-state index contributed by atoms with van der Waals surface area (Å²) in [4.78, 5) is 124. The van der Waals surface area contributed by atoms with Crippen LogP contribution in [0.3, 0.4) is 0 Å². The van der Waals surface area contributed by atoms with E-state index in [0.29, 0.717) is 5.69 Å². The number of aromatic nitrogens is 2. The molecule has 0 aliphatic heterocycles. The molecule has 1 aromatic rings. The summed E-state index contributed by atoms with van der Waals surface area (Å²) in [6, 6.07) is -11.0. The van der Waals surface area contributed by atoms with E-state index in [-0.39, 0.29) is 44.1 Å². The number of aliphatic carboxylic acids is 2. The second kappa shape index (κ2) is 25.8. The highest BCUT2D eigenvalue weighted by Crippen LogP contribution is 2.10. The fraction of sp³-hybridized carbons (Fsp3) is 0.606. The third kappa shape index (κ3) is 19.5. The van der Waals surface area contributed by atoms with Gasteiger partial charge < -0.3 is 80.2 Å². The summed E-state index contributed by atoms with van der Waals surface area (Å²) >= 11 is 0. The predicted molar refractivity (Wildman–Crippen MR) is 204 cm³/mol. The number of hydrogen-bond acceptors (Lipinski definition) is 14. The Kier molecular flexibility index (Phi) is 22.1. The van der Waals surface area contributed by atoms with Crippen LogP contribution in [0.25, 0.3) is 0 Å². The average Bonchev–Trinajstić information content (AvgIpc) is 3.67. The monoisotopic (exact) mass is 841 g/mol. The van der Waals surface area contributed by atoms with Gasteiger partial charge in [0.25, 0.3) is 0 Å². The van der Waals surface area contributed by atoms with Crippen LogP contribution < -0.4 is 54.8 Å². The number of carboxylic acid groups (broad SMARTS) is 2. The molecule has 0 aromatic carbocycles. The quantitative estimate of drug-likeness (QED) is 0.0212. The van der Waals surface area contributed by atoms with E-state index in [0.717, 1.165) is 0 Å². The lowest BCUT2D eigenvalue weighted by molar-refractivity contribution is -0.142. The van der Waals surface area contributed by atoms with Gasteiger partial charge in [-0.25, -0.2) is 9.78 Å². The topological polar surface area (TPSA) is 452 Å². The summed E-state index contributed by atoms with van der Waals surface area (Å²) in [5.74, 6) is -10.6. The van der Waals surface area contributed by atoms with Crippen molar-refractivity contribution in [3.05, 3.63) is 18.2 Å². The molecule has 330 valence electrons. The molecular weight excluding hydrogens is 786 g/mol. The molecule has 26 heteroatoms. The first-order chi connectivity index (χ1) is 27.7. The lowest BCUT2D eigenvalue weighted by atomic mass is 10.0. The van der Waals surface area contributed by atoms with Gasteiger partial charge >= 0.3 is 11.9 Å². The summed E-state index contributed by atoms with van der Waals surface area (Å²) in [5, 5.41) is 52.3. The van der Waals surface area contributed by atoms with Gasteiger partial charge in [-0.2, -0.15) is 0 Å². The van der Waals surface area contributed by atoms with Crippen molar-refractivity contribution in [2.45, 2.75) is 101 Å². The maximum Gasteiger partial charge on any atom is 0.326 e. The number of rotatable bonds is 28. The molecule has 26 nitrogen and oxygen atoms in total. The number of carbonyl (C=O) groups excluding carboxylic acids is 7. The van der Waals surface area contributed by atoms with Gasteiger partial charge in [0.15, 0.2) is 5.96 Å². The molecule has 0 spiro atoms. The third-order valence-corrected chi connectivity index (χ3v) is 8.18. The lowest BCUT2D eigenvalue weighted by Gasteiger charge is -2.27. The molecule has 0 radical (unpaired) electrons. The summed E-state index contributed by atoms with van der Waals surface area (Å²) in [7, 11) is 0. The van der Waals surface area contributed by atoms with E-state index >= 15 is 0 Å². The number of amides is 7. The van der Waals surface area contributed by atoms with Gasteiger partial charge in [0.1, 0.15) is 36.3 Å². The van der Waals surface area contributed by atoms with Gasteiger partial charge in [-0.15, -0.1) is 0 Å². The van der Waals surface area contributed by atoms with Gasteiger partial charge in [-0.1, -0.05) is 13.8 Å². The molecule has 0 aliphatic carbocycles. The SMILES string of the molecule is CC(C)C[C@H](NC(=O)[C@H](CCC(=O)O)NC(=O)[C@H](CO)NC(=O)[C@H](CO)NC(=O)[C@@H](N)CC(N)=O)C(=O)N[C@@H](CCCN=C(N)N)C(=O)N[C@@H](Cc1cnc[nH]1)C(=O)O. The first-order valence-electron chi connectivity index (χ1n) is 18.2. The molecule has 1 heterocycles. The second-order valence-corrected chi connectivity index (χ2v) is 13.6. The summed E-state index contributed by atoms with van der Waals surface area (Å²) in [6.45, 7) is 1.32. The zero-order chi connectivity index (χ0) is 44.8. The number of aliphatic imine (C=N–C) groups is 1. The second-order valence-electron chi connectivity index (χ2n) is 13.6. The molecule has 0 saturated carbocycles. The zero-order valence-electron chi connectivity index (χ0n) is 32.5. The van der Waals surface area contributed by atoms with Crippen molar-refractivity contribution in [3.8, 4) is 0 Å². The molecule has 0 saturated heterocycles. The number of nitrogens with one attached hydrogen (secondary N) is 7. The summed E-state index contributed by atoms with van der Waals surface area (Å²) in [5.41, 5.74) is 21.7. The van der Waals surface area contributed by atoms with Crippen LogP contribution in [-0.4, -0.2) is 152 Å². The molecule has 0 unspecified atom stereocenters. The van der Waals surface area contributed by atoms with Crippen molar-refractivity contribution in [3.63, 3.8) is 0 Å². The largest absolute Gasteiger partial charge is 0.481 e. The molecule has 19 N–H and O–H groups in total. The number of aliphatic hydroxyl groups is 2. The number of carboxylic acids is 2. The van der Waals surface area contributed by atoms with Gasteiger partial charge in [-0.05, 0) is 31.6 Å². The van der Waals surface area contributed by atoms with Crippen LogP contribution in [0.4, 0.5) is 0 Å². The van der Waals surface area contributed by atoms with Crippen LogP contribution >= 0.6 is 0 Å². The van der Waals surface area contributed by atoms with Crippen molar-refractivity contribution in [1.82, 2.24) is 41.9 Å². The Morgan fingerprint density at radius 1 is 0.712 bits per heavy atom. The Hall–Kier alpha value is -6.41. The van der Waals surface area contributed by atoms with Gasteiger partial charge in [0.05, 0.1) is 32.0 Å². The van der Waals surface area contributed by atoms with E-state index < -0.39 is 128 Å². The molecule has 7 amide bonds. The van der Waals surface area contributed by atoms with Gasteiger partial charge in [0.2, 0.25) is 41.4 Å². The fourth-order valence-corrected chi connectivity index (χ4v) is 5.17. The minimum Gasteiger partial charge on any atom is -0.481 e. The highest BCUT2D eigenvalue weighted by atomic mass is 16.4. The predicted octanol–water partition coefficient (Wildman–Crippen LogP) is -6.90. The van der Waals surface area contributed by atoms with E-state index in [1.54, 1.807) is 13.8 Å². The first kappa shape index (κ1) is 50.6. The number of nitrogens with two attached hydrogens (primary N) is 4. The number of hydrogen-bond donors (Lipinski definition) is 15. The van der Waals surface area contributed by atoms with E-state index in [4.69, 9.17) is 22.9 Å². The number of imidazole rings is 1. The summed E-state index contributed by atoms with van der Waals surface area (Å²) in [6.07, 6.45) is 0.663. The van der Waals surface area contributed by atoms with Crippen LogP contribution in [0.15, 0.2) is 17.5 Å². The Balaban J connectivity index is 3.27. The van der Waals surface area contributed by atoms with E-state index in [9.17, 15) is 63.6 Å². The van der Waals surface area contributed by atoms with E-state index in [1.807, 2.05) is 0 Å². The maximum atomic E-state index is 13.7. The number of aromatic amines is 1. The van der Waals surface area contributed by atoms with Crippen molar-refractivity contribution in [2.75, 3.05) is 19.8 Å². The lowest BCUT2D eigenvalue weighted by Crippen LogP contribution is -2.61. The minimum atomic E-state index is -1.83. The number of aliphatic hydroxyl groups excluding tert-OH is 2. The highest BCUT2D eigenvalue weighted by molar-refractivity contribution is 5.97. The molecule has 0 bridgehead atoms. The van der Waals surface area contributed by atoms with Crippen LogP contribution in [0.2, 0.25) is 0 Å². The Morgan fingerprint density at radius 2 is 1.19 bits per heavy atom. The maximum absolute atomic E-state index is 13.7. The van der Waals surface area contributed by atoms with Crippen molar-refractivity contribution in [2.24, 2.45) is 33.8 Å². The molecule has 7 atom stereocenters. The minimum absolute atomic E-state index is 0.0330. The van der Waals surface area contributed by atoms with Crippen molar-refractivity contribution >= 4 is 59.2 Å². The van der Waals surface area contributed by atoms with Crippen molar-refractivity contribution in [1.29, 1.82) is 0 Å². The van der Waals surface area contributed by atoms with Crippen molar-refractivity contribution < 1.29 is 63.6 Å². The number of H-pyrrole nitrogens is 1. The molecule has 1 rings (SSSR count). The number of guanidine groups is 1. The fourth-order valence-electron chi connectivity index (χ4n) is 5.17. The first-order valence-corrected chi connectivity index (χ1v) is 18.2. The number of primary amides is 1. The van der Waals surface area contributed by atoms with Crippen LogP contribution in [-0.2, 0) is 49.6 Å². The average molecular weight is 842 g/mol. The standard InChI is InChI=1S/C33H55N13O13/c1-15(2)8-20(29(55)41-18(4-3-7-39-33(36)37)27(53)44-21(32(58)59)9-16-11-38-14-40-16)43-28(54)19(5-6-25(50)51)42-30(56)23(13-48)46-31(57)22(12-47)45-26(52)17(34)10-24(35)49/h11,14-15,17-23,47-48H,3-10,12-13,34H2,1-2H3,(H2,35,49)(H,38,40)(H,41,55)(H,42,56)(H,43,54)(H,44,53)(H,45,52)(H,46,57)(H,50,51)(H,58,59)(H4,36,37,39)/t17-,18-,19-,20-,21-,22-,23-/m0/s1. The zero-order valence-corrected chi connectivity index (χ0v) is 32.5. The Morgan fingerprint density at radius 3 is 1.64 bits per heavy atom. The third-order valence-electron chi connectivity index (χ3n) is 8.18. The molecule has 59 heavy (non-hydrogen) atoms. The number of carbonyl (C=O) groups is 9. The summed E-state index contributed by atoms with van der Waals surface area (Å²) < 4.78 is 0. The smallest absolute Gasteiger partial charge is 0.326 e. The Labute approximate surface area is 337 Å². The normalized spacial score (nSPS) is 14.5.